The Balaban J connectivity index is 2.64. The number of rotatable bonds is 8. The Bertz CT molecular complexity index is 461. The average Bonchev–Trinajstić information content (AvgIpc) is 2.43. The smallest absolute Gasteiger partial charge is 0.306 e. The van der Waals surface area contributed by atoms with Crippen molar-refractivity contribution in [3.63, 3.8) is 0 Å². The molecule has 0 spiro atoms. The maximum absolute atomic E-state index is 12.1. The summed E-state index contributed by atoms with van der Waals surface area (Å²) in [6, 6.07) is 6.88. The van der Waals surface area contributed by atoms with E-state index in [1.54, 1.807) is 24.3 Å². The third kappa shape index (κ3) is 4.89. The summed E-state index contributed by atoms with van der Waals surface area (Å²) in [6.45, 7) is 2.43. The Labute approximate surface area is 117 Å². The maximum atomic E-state index is 12.1. The predicted octanol–water partition coefficient (Wildman–Crippen LogP) is 1.30. The molecule has 2 N–H and O–H groups in total. The van der Waals surface area contributed by atoms with Gasteiger partial charge in [0, 0.05) is 13.7 Å². The number of amides is 1. The molecular formula is C14H19NO5. The Morgan fingerprint density at radius 1 is 1.35 bits per heavy atom. The van der Waals surface area contributed by atoms with E-state index < -0.39 is 12.1 Å². The standard InChI is InChI=1S/C14H19NO5/c1-3-20-12-7-5-4-6-11(12)14(18)15-9-10(19-2)8-13(16)17/h4-7,10H,3,8-9H2,1-2H3,(H,15,18)(H,16,17). The van der Waals surface area contributed by atoms with Crippen molar-refractivity contribution in [2.75, 3.05) is 20.3 Å². The van der Waals surface area contributed by atoms with Gasteiger partial charge in [0.15, 0.2) is 0 Å². The number of carbonyl (C=O) groups excluding carboxylic acids is 1. The maximum Gasteiger partial charge on any atom is 0.306 e. The van der Waals surface area contributed by atoms with Crippen LogP contribution in [0.25, 0.3) is 0 Å². The molecule has 110 valence electrons. The van der Waals surface area contributed by atoms with Gasteiger partial charge in [-0.1, -0.05) is 12.1 Å². The number of carboxylic acid groups (broad SMARTS) is 1. The van der Waals surface area contributed by atoms with Crippen molar-refractivity contribution in [3.05, 3.63) is 29.8 Å². The van der Waals surface area contributed by atoms with E-state index >= 15 is 0 Å². The first-order valence-electron chi connectivity index (χ1n) is 6.33. The summed E-state index contributed by atoms with van der Waals surface area (Å²) in [6.07, 6.45) is -0.722. The molecule has 6 heteroatoms. The van der Waals surface area contributed by atoms with Crippen LogP contribution in [0.2, 0.25) is 0 Å². The Hall–Kier alpha value is -2.08. The molecule has 20 heavy (non-hydrogen) atoms. The van der Waals surface area contributed by atoms with Crippen molar-refractivity contribution >= 4 is 11.9 Å². The minimum absolute atomic E-state index is 0.127. The Morgan fingerprint density at radius 3 is 2.65 bits per heavy atom. The summed E-state index contributed by atoms with van der Waals surface area (Å²) < 4.78 is 10.4. The van der Waals surface area contributed by atoms with Crippen molar-refractivity contribution < 1.29 is 24.2 Å². The lowest BCUT2D eigenvalue weighted by Gasteiger charge is -2.15. The quantitative estimate of drug-likeness (QED) is 0.750. The highest BCUT2D eigenvalue weighted by atomic mass is 16.5. The topological polar surface area (TPSA) is 84.9 Å². The van der Waals surface area contributed by atoms with Crippen molar-refractivity contribution in [2.45, 2.75) is 19.4 Å². The molecule has 1 amide bonds. The Kier molecular flexibility index (Phi) is 6.52. The number of hydrogen-bond acceptors (Lipinski definition) is 4. The lowest BCUT2D eigenvalue weighted by atomic mass is 10.1. The van der Waals surface area contributed by atoms with Gasteiger partial charge in [-0.3, -0.25) is 9.59 Å². The van der Waals surface area contributed by atoms with Crippen LogP contribution in [0, 0.1) is 0 Å². The molecule has 1 aromatic carbocycles. The van der Waals surface area contributed by atoms with E-state index in [0.717, 1.165) is 0 Å². The number of hydrogen-bond donors (Lipinski definition) is 2. The van der Waals surface area contributed by atoms with E-state index in [0.29, 0.717) is 17.9 Å². The van der Waals surface area contributed by atoms with E-state index in [-0.39, 0.29) is 18.9 Å². The molecule has 1 unspecified atom stereocenters. The number of carbonyl (C=O) groups is 2. The van der Waals surface area contributed by atoms with Gasteiger partial charge in [0.1, 0.15) is 5.75 Å². The van der Waals surface area contributed by atoms with Crippen LogP contribution < -0.4 is 10.1 Å². The molecule has 0 fully saturated rings. The molecule has 0 saturated carbocycles. The number of methoxy groups -OCH3 is 1. The predicted molar refractivity (Wildman–Crippen MR) is 73.0 cm³/mol. The number of benzene rings is 1. The van der Waals surface area contributed by atoms with Crippen molar-refractivity contribution in [3.8, 4) is 5.75 Å². The van der Waals surface area contributed by atoms with Gasteiger partial charge in [0.05, 0.1) is 24.7 Å². The van der Waals surface area contributed by atoms with Crippen molar-refractivity contribution in [1.29, 1.82) is 0 Å². The number of ether oxygens (including phenoxy) is 2. The van der Waals surface area contributed by atoms with Crippen LogP contribution in [0.4, 0.5) is 0 Å². The van der Waals surface area contributed by atoms with Crippen LogP contribution >= 0.6 is 0 Å². The second-order valence-electron chi connectivity index (χ2n) is 4.09. The molecule has 6 nitrogen and oxygen atoms in total. The van der Waals surface area contributed by atoms with Gasteiger partial charge < -0.3 is 19.9 Å². The zero-order valence-corrected chi connectivity index (χ0v) is 11.6. The van der Waals surface area contributed by atoms with E-state index in [2.05, 4.69) is 5.32 Å². The third-order valence-electron chi connectivity index (χ3n) is 2.66. The second-order valence-corrected chi connectivity index (χ2v) is 4.09. The number of nitrogens with one attached hydrogen (secondary N) is 1. The number of para-hydroxylation sites is 1. The first kappa shape index (κ1) is 16.0. The lowest BCUT2D eigenvalue weighted by Crippen LogP contribution is -2.34. The highest BCUT2D eigenvalue weighted by Gasteiger charge is 2.16. The summed E-state index contributed by atoms with van der Waals surface area (Å²) in [7, 11) is 1.41. The van der Waals surface area contributed by atoms with Crippen molar-refractivity contribution in [2.24, 2.45) is 0 Å². The van der Waals surface area contributed by atoms with Crippen LogP contribution in [0.15, 0.2) is 24.3 Å². The molecule has 0 aliphatic carbocycles. The fourth-order valence-corrected chi connectivity index (χ4v) is 1.67. The van der Waals surface area contributed by atoms with Gasteiger partial charge in [-0.2, -0.15) is 0 Å². The van der Waals surface area contributed by atoms with Crippen LogP contribution in [-0.2, 0) is 9.53 Å². The summed E-state index contributed by atoms with van der Waals surface area (Å²) >= 11 is 0. The second kappa shape index (κ2) is 8.16. The van der Waals surface area contributed by atoms with Crippen molar-refractivity contribution in [1.82, 2.24) is 5.32 Å². The van der Waals surface area contributed by atoms with Gasteiger partial charge in [0.2, 0.25) is 0 Å². The minimum atomic E-state index is -0.971. The highest BCUT2D eigenvalue weighted by molar-refractivity contribution is 5.96. The summed E-state index contributed by atoms with van der Waals surface area (Å²) in [4.78, 5) is 22.7. The SMILES string of the molecule is CCOc1ccccc1C(=O)NCC(CC(=O)O)OC. The Morgan fingerprint density at radius 2 is 2.05 bits per heavy atom. The van der Waals surface area contributed by atoms with E-state index in [1.807, 2.05) is 6.92 Å². The minimum Gasteiger partial charge on any atom is -0.493 e. The zero-order valence-electron chi connectivity index (χ0n) is 11.6. The number of aliphatic carboxylic acids is 1. The molecule has 0 aliphatic rings. The van der Waals surface area contributed by atoms with E-state index in [9.17, 15) is 9.59 Å². The molecule has 0 bridgehead atoms. The molecule has 0 aliphatic heterocycles. The molecular weight excluding hydrogens is 262 g/mol. The number of carboxylic acids is 1. The molecule has 0 heterocycles. The first-order valence-corrected chi connectivity index (χ1v) is 6.33. The molecule has 1 rings (SSSR count). The highest BCUT2D eigenvalue weighted by Crippen LogP contribution is 2.17. The van der Waals surface area contributed by atoms with Gasteiger partial charge in [0.25, 0.3) is 5.91 Å². The van der Waals surface area contributed by atoms with Crippen LogP contribution in [0.3, 0.4) is 0 Å². The fraction of sp³-hybridized carbons (Fsp3) is 0.429. The molecule has 0 aromatic heterocycles. The molecule has 1 atom stereocenters. The summed E-state index contributed by atoms with van der Waals surface area (Å²) in [5.74, 6) is -0.790. The zero-order chi connectivity index (χ0) is 15.0. The fourth-order valence-electron chi connectivity index (χ4n) is 1.67. The first-order chi connectivity index (χ1) is 9.58. The normalized spacial score (nSPS) is 11.7. The van der Waals surface area contributed by atoms with Crippen LogP contribution in [0.1, 0.15) is 23.7 Å². The van der Waals surface area contributed by atoms with E-state index in [1.165, 1.54) is 7.11 Å². The van der Waals surface area contributed by atoms with Crippen LogP contribution in [0.5, 0.6) is 5.75 Å². The molecule has 0 saturated heterocycles. The molecule has 0 radical (unpaired) electrons. The monoisotopic (exact) mass is 281 g/mol. The summed E-state index contributed by atoms with van der Waals surface area (Å²) in [5.41, 5.74) is 0.416. The third-order valence-corrected chi connectivity index (χ3v) is 2.66. The largest absolute Gasteiger partial charge is 0.493 e. The van der Waals surface area contributed by atoms with Gasteiger partial charge >= 0.3 is 5.97 Å². The van der Waals surface area contributed by atoms with Gasteiger partial charge in [-0.05, 0) is 19.1 Å². The van der Waals surface area contributed by atoms with Gasteiger partial charge in [-0.25, -0.2) is 0 Å². The van der Waals surface area contributed by atoms with Gasteiger partial charge in [-0.15, -0.1) is 0 Å². The van der Waals surface area contributed by atoms with E-state index in [4.69, 9.17) is 14.6 Å². The molecule has 1 aromatic rings. The lowest BCUT2D eigenvalue weighted by molar-refractivity contribution is -0.139. The average molecular weight is 281 g/mol. The summed E-state index contributed by atoms with van der Waals surface area (Å²) in [5, 5.41) is 11.3. The van der Waals surface area contributed by atoms with Crippen LogP contribution in [-0.4, -0.2) is 43.3 Å².